The van der Waals surface area contributed by atoms with Crippen LogP contribution in [-0.4, -0.2) is 132 Å². The smallest absolute Gasteiger partial charge is 0.870 e. The normalized spacial score (nSPS) is 10.0. The van der Waals surface area contributed by atoms with E-state index in [2.05, 4.69) is 54.1 Å². The van der Waals surface area contributed by atoms with E-state index in [4.69, 9.17) is 44.3 Å². The molecule has 0 bridgehead atoms. The molecule has 258 valence electrons. The van der Waals surface area contributed by atoms with Crippen molar-refractivity contribution < 1.29 is 114 Å². The third-order valence-electron chi connectivity index (χ3n) is 2.77. The summed E-state index contributed by atoms with van der Waals surface area (Å²) in [6.07, 6.45) is 6.56. The number of likely N-dealkylation sites (N-methyl/N-ethyl adjacent to an activating group) is 2. The van der Waals surface area contributed by atoms with E-state index >= 15 is 0 Å². The average Bonchev–Trinajstić information content (AvgIpc) is 2.66. The Labute approximate surface area is 353 Å². The monoisotopic (exact) mass is 860 g/mol. The van der Waals surface area contributed by atoms with E-state index in [-0.39, 0.29) is 88.3 Å². The Bertz CT molecular complexity index is 505. The predicted octanol–water partition coefficient (Wildman–Crippen LogP) is -1.68. The third-order valence-corrected chi connectivity index (χ3v) is 2.77. The first-order chi connectivity index (χ1) is 17.8. The van der Waals surface area contributed by atoms with Gasteiger partial charge in [0.15, 0.2) is 0 Å². The Morgan fingerprint density at radius 1 is 0.600 bits per heavy atom. The van der Waals surface area contributed by atoms with Crippen LogP contribution in [0.25, 0.3) is 21.3 Å². The van der Waals surface area contributed by atoms with Gasteiger partial charge >= 0.3 is 132 Å². The average molecular weight is 865 g/mol. The summed E-state index contributed by atoms with van der Waals surface area (Å²) in [4.78, 5) is 6.08. The fourth-order valence-corrected chi connectivity index (χ4v) is 2.45. The molecule has 0 heterocycles. The second-order valence-electron chi connectivity index (χ2n) is 10.6. The zero-order valence-corrected chi connectivity index (χ0v) is 39.9. The van der Waals surface area contributed by atoms with Crippen LogP contribution in [0.4, 0.5) is 0 Å². The fraction of sp³-hybridized carbons (Fsp3) is 0.808. The molecule has 0 aliphatic carbocycles. The van der Waals surface area contributed by atoms with Crippen molar-refractivity contribution in [2.45, 2.75) is 52.7 Å². The van der Waals surface area contributed by atoms with E-state index in [9.17, 15) is 0 Å². The molecule has 0 atom stereocenters. The summed E-state index contributed by atoms with van der Waals surface area (Å²) in [7, 11) is 38.9. The number of halogens is 4. The number of nitrogens with zero attached hydrogens (tertiary/aromatic N) is 7. The first-order valence-corrected chi connectivity index (χ1v) is 25.0. The molecule has 0 aromatic carbocycles. The van der Waals surface area contributed by atoms with Gasteiger partial charge in [-0.15, -0.1) is 34.7 Å². The molecule has 45 heavy (non-hydrogen) atoms. The van der Waals surface area contributed by atoms with Crippen LogP contribution in [0.15, 0.2) is 24.8 Å². The second kappa shape index (κ2) is 51.5. The minimum absolute atomic E-state index is 0. The van der Waals surface area contributed by atoms with Crippen molar-refractivity contribution in [2.24, 2.45) is 0 Å². The first kappa shape index (κ1) is 77.6. The fourth-order valence-electron chi connectivity index (χ4n) is 2.45. The van der Waals surface area contributed by atoms with Crippen LogP contribution in [0.2, 0.25) is 0 Å². The topological polar surface area (TPSA) is 137 Å². The van der Waals surface area contributed by atoms with Gasteiger partial charge in [-0.25, -0.2) is 24.8 Å². The quantitative estimate of drug-likeness (QED) is 0.199. The molecule has 19 heteroatoms. The van der Waals surface area contributed by atoms with Crippen molar-refractivity contribution in [1.82, 2.24) is 14.7 Å². The van der Waals surface area contributed by atoms with Crippen LogP contribution in [0.1, 0.15) is 41.5 Å². The summed E-state index contributed by atoms with van der Waals surface area (Å²) in [6, 6.07) is 0. The van der Waals surface area contributed by atoms with Gasteiger partial charge in [0.2, 0.25) is 0 Å². The molecule has 0 fully saturated rings. The maximum atomic E-state index is 9.15. The van der Waals surface area contributed by atoms with Crippen LogP contribution >= 0.6 is 34.1 Å². The molecule has 10 nitrogen and oxygen atoms in total. The standard InChI is InChI=1S/2C6H15NO.C6H14N.2C4H8N2.4ClH.3Li.H2O.2Zr/c2*1-6(2,8)5-7(3)4;1-6(2)5-7(3)4;2*1-5-3-4-6-2;;;;;;;;;;/h2*8H,5H2,1-4H3;5H2,1-4H3;2*3-4H,1-2H3;4*1H;;;;1H2;;/q;;-1;2*-2;;;;;3*+1;;+2;+4/p-5/b;;;4-3-;;;;;;;;;;;. The minimum Gasteiger partial charge on any atom is -0.870 e. The molecule has 0 aromatic heterocycles. The molecular weight excluding hydrogens is 803 g/mol. The van der Waals surface area contributed by atoms with Crippen LogP contribution in [0.3, 0.4) is 0 Å². The van der Waals surface area contributed by atoms with Crippen molar-refractivity contribution in [2.75, 3.05) is 90.1 Å². The minimum atomic E-state index is -3.29. The second-order valence-corrected chi connectivity index (χ2v) is 33.0. The Kier molecular flexibility index (Phi) is 88.8. The Balaban J connectivity index is -0.0000000337. The molecule has 0 rings (SSSR count). The van der Waals surface area contributed by atoms with Crippen LogP contribution in [0.5, 0.6) is 0 Å². The van der Waals surface area contributed by atoms with E-state index in [0.29, 0.717) is 13.1 Å². The van der Waals surface area contributed by atoms with Gasteiger partial charge in [0.05, 0.1) is 11.2 Å². The Morgan fingerprint density at radius 3 is 0.800 bits per heavy atom. The third kappa shape index (κ3) is 179. The summed E-state index contributed by atoms with van der Waals surface area (Å²) >= 11 is -3.29. The predicted molar refractivity (Wildman–Crippen MR) is 184 cm³/mol. The number of aliphatic hydroxyl groups is 2. The van der Waals surface area contributed by atoms with Gasteiger partial charge < -0.3 is 57.6 Å². The molecule has 0 amide bonds. The SMILES string of the molecule is CN(C)CC(C)(C)O.CN(C)CC(C)(C)O.C[C-](C)CN(C)C.C[N-]/C=C\[N-]C.C[N-]C=C[N-]C.[Cl][Zr]([Cl])([Cl])[Cl].[Li+].[Li+].[Li+].[OH-].[Zr+2]. The van der Waals surface area contributed by atoms with Crippen LogP contribution in [0, 0.1) is 5.92 Å². The molecule has 0 aliphatic heterocycles. The van der Waals surface area contributed by atoms with Crippen LogP contribution < -0.4 is 56.6 Å². The van der Waals surface area contributed by atoms with Gasteiger partial charge in [-0.2, -0.15) is 13.8 Å². The molecular formula is C26H61Cl4Li3N7O3Zr2-. The van der Waals surface area contributed by atoms with Gasteiger partial charge in [-0.1, -0.05) is 0 Å². The summed E-state index contributed by atoms with van der Waals surface area (Å²) in [6.45, 7) is 14.0. The summed E-state index contributed by atoms with van der Waals surface area (Å²) in [5.41, 5.74) is -1.10. The summed E-state index contributed by atoms with van der Waals surface area (Å²) < 4.78 is 0. The summed E-state index contributed by atoms with van der Waals surface area (Å²) in [5, 5.41) is 32.9. The van der Waals surface area contributed by atoms with Gasteiger partial charge in [0, 0.05) is 13.1 Å². The number of rotatable bonds is 10. The molecule has 0 saturated carbocycles. The van der Waals surface area contributed by atoms with Crippen molar-refractivity contribution in [3.05, 3.63) is 52.0 Å². The molecule has 0 radical (unpaired) electrons. The van der Waals surface area contributed by atoms with Crippen molar-refractivity contribution in [3.8, 4) is 0 Å². The zero-order valence-electron chi connectivity index (χ0n) is 31.9. The van der Waals surface area contributed by atoms with Gasteiger partial charge in [-0.3, -0.25) is 0 Å². The van der Waals surface area contributed by atoms with Gasteiger partial charge in [-0.05, 0) is 70.0 Å². The first-order valence-electron chi connectivity index (χ1n) is 12.4. The van der Waals surface area contributed by atoms with Crippen molar-refractivity contribution in [1.29, 1.82) is 0 Å². The van der Waals surface area contributed by atoms with Crippen LogP contribution in [-0.2, 0) is 41.7 Å². The number of hydrogen-bond donors (Lipinski definition) is 2. The number of hydrogen-bond acceptors (Lipinski definition) is 6. The molecule has 0 unspecified atom stereocenters. The molecule has 3 N–H and O–H groups in total. The van der Waals surface area contributed by atoms with Gasteiger partial charge in [0.1, 0.15) is 0 Å². The van der Waals surface area contributed by atoms with Crippen molar-refractivity contribution in [3.63, 3.8) is 0 Å². The van der Waals surface area contributed by atoms with Gasteiger partial charge in [0.25, 0.3) is 0 Å². The van der Waals surface area contributed by atoms with E-state index in [1.807, 2.05) is 38.0 Å². The summed E-state index contributed by atoms with van der Waals surface area (Å²) in [5.74, 6) is 1.46. The van der Waals surface area contributed by atoms with E-state index in [1.165, 1.54) is 5.92 Å². The maximum absolute atomic E-state index is 9.15. The Morgan fingerprint density at radius 2 is 0.778 bits per heavy atom. The van der Waals surface area contributed by atoms with Crippen molar-refractivity contribution >= 4 is 34.1 Å². The zero-order chi connectivity index (χ0) is 33.6. The molecule has 0 spiro atoms. The largest absolute Gasteiger partial charge is 2.00 e. The molecule has 0 aliphatic rings. The molecule has 0 saturated heterocycles. The van der Waals surface area contributed by atoms with E-state index < -0.39 is 26.7 Å². The van der Waals surface area contributed by atoms with E-state index in [1.54, 1.807) is 80.7 Å². The molecule has 0 aromatic rings. The van der Waals surface area contributed by atoms with E-state index in [0.717, 1.165) is 6.54 Å². The Hall–Kier alpha value is 3.16. The maximum Gasteiger partial charge on any atom is 2.00 e.